The van der Waals surface area contributed by atoms with Crippen LogP contribution in [0.25, 0.3) is 0 Å². The zero-order valence-corrected chi connectivity index (χ0v) is 18.2. The van der Waals surface area contributed by atoms with Crippen LogP contribution >= 0.6 is 24.0 Å². The van der Waals surface area contributed by atoms with Crippen molar-refractivity contribution in [1.29, 1.82) is 0 Å². The molecule has 1 aliphatic rings. The number of rotatable bonds is 6. The van der Waals surface area contributed by atoms with E-state index in [9.17, 15) is 8.42 Å². The van der Waals surface area contributed by atoms with E-state index in [2.05, 4.69) is 27.3 Å². The molecule has 1 atom stereocenters. The molecule has 0 radical (unpaired) electrons. The quantitative estimate of drug-likeness (QED) is 0.292. The standard InChI is InChI=1S/C17H27N3O3S.HI/c1-18-17(19-10-4-12-24(3,21)22)20-11-9-15(13-20)14-5-7-16(23-2)8-6-14;/h5-8,15H,4,9-13H2,1-3H3,(H,18,19);1H. The second kappa shape index (κ2) is 10.2. The number of hydrogen-bond acceptors (Lipinski definition) is 4. The summed E-state index contributed by atoms with van der Waals surface area (Å²) in [6, 6.07) is 8.23. The molecular formula is C17H28IN3O3S. The van der Waals surface area contributed by atoms with E-state index in [0.29, 0.717) is 18.9 Å². The third-order valence-electron chi connectivity index (χ3n) is 4.26. The van der Waals surface area contributed by atoms with Crippen molar-refractivity contribution in [3.8, 4) is 5.75 Å². The Morgan fingerprint density at radius 2 is 2.04 bits per heavy atom. The van der Waals surface area contributed by atoms with E-state index in [-0.39, 0.29) is 29.7 Å². The third kappa shape index (κ3) is 7.01. The third-order valence-corrected chi connectivity index (χ3v) is 5.29. The summed E-state index contributed by atoms with van der Waals surface area (Å²) in [6.45, 7) is 2.48. The zero-order valence-electron chi connectivity index (χ0n) is 15.1. The van der Waals surface area contributed by atoms with Gasteiger partial charge in [-0.3, -0.25) is 4.99 Å². The molecular weight excluding hydrogens is 453 g/mol. The van der Waals surface area contributed by atoms with Gasteiger partial charge in [0.05, 0.1) is 12.9 Å². The molecule has 1 aromatic rings. The minimum absolute atomic E-state index is 0. The molecule has 0 amide bonds. The van der Waals surface area contributed by atoms with E-state index in [1.54, 1.807) is 14.2 Å². The topological polar surface area (TPSA) is 71.0 Å². The maximum atomic E-state index is 11.2. The van der Waals surface area contributed by atoms with E-state index in [4.69, 9.17) is 4.74 Å². The van der Waals surface area contributed by atoms with E-state index in [1.807, 2.05) is 12.1 Å². The van der Waals surface area contributed by atoms with Crippen molar-refractivity contribution in [2.75, 3.05) is 45.8 Å². The molecule has 25 heavy (non-hydrogen) atoms. The second-order valence-electron chi connectivity index (χ2n) is 6.16. The minimum Gasteiger partial charge on any atom is -0.497 e. The van der Waals surface area contributed by atoms with E-state index >= 15 is 0 Å². The predicted octanol–water partition coefficient (Wildman–Crippen LogP) is 2.11. The molecule has 6 nitrogen and oxygen atoms in total. The summed E-state index contributed by atoms with van der Waals surface area (Å²) in [5.74, 6) is 2.40. The van der Waals surface area contributed by atoms with Gasteiger partial charge in [0.1, 0.15) is 15.6 Å². The Balaban J connectivity index is 0.00000312. The van der Waals surface area contributed by atoms with Crippen LogP contribution in [-0.4, -0.2) is 65.1 Å². The number of nitrogens with zero attached hydrogens (tertiary/aromatic N) is 2. The van der Waals surface area contributed by atoms with Crippen LogP contribution in [0.1, 0.15) is 24.3 Å². The Morgan fingerprint density at radius 1 is 1.36 bits per heavy atom. The van der Waals surface area contributed by atoms with Crippen LogP contribution in [0.2, 0.25) is 0 Å². The first-order valence-electron chi connectivity index (χ1n) is 8.20. The van der Waals surface area contributed by atoms with Crippen molar-refractivity contribution in [3.63, 3.8) is 0 Å². The highest BCUT2D eigenvalue weighted by molar-refractivity contribution is 14.0. The normalized spacial score (nSPS) is 18.0. The summed E-state index contributed by atoms with van der Waals surface area (Å²) in [4.78, 5) is 6.55. The molecule has 0 spiro atoms. The van der Waals surface area contributed by atoms with Crippen LogP contribution < -0.4 is 10.1 Å². The van der Waals surface area contributed by atoms with E-state index < -0.39 is 9.84 Å². The number of nitrogens with one attached hydrogen (secondary N) is 1. The summed E-state index contributed by atoms with van der Waals surface area (Å²) in [7, 11) is 0.534. The lowest BCUT2D eigenvalue weighted by Crippen LogP contribution is -2.40. The van der Waals surface area contributed by atoms with Gasteiger partial charge >= 0.3 is 0 Å². The summed E-state index contributed by atoms with van der Waals surface area (Å²) >= 11 is 0. The number of likely N-dealkylation sites (tertiary alicyclic amines) is 1. The SMILES string of the molecule is CN=C(NCCCS(C)(=O)=O)N1CCC(c2ccc(OC)cc2)C1.I. The van der Waals surface area contributed by atoms with Crippen molar-refractivity contribution in [2.45, 2.75) is 18.8 Å². The van der Waals surface area contributed by atoms with Gasteiger partial charge in [-0.25, -0.2) is 8.42 Å². The van der Waals surface area contributed by atoms with Gasteiger partial charge in [-0.05, 0) is 30.5 Å². The van der Waals surface area contributed by atoms with Crippen LogP contribution in [0.3, 0.4) is 0 Å². The maximum absolute atomic E-state index is 11.2. The molecule has 0 saturated carbocycles. The highest BCUT2D eigenvalue weighted by Gasteiger charge is 2.25. The molecule has 2 rings (SSSR count). The molecule has 1 unspecified atom stereocenters. The number of aliphatic imine (C=N–C) groups is 1. The number of halogens is 1. The van der Waals surface area contributed by atoms with Crippen LogP contribution in [0.5, 0.6) is 5.75 Å². The van der Waals surface area contributed by atoms with E-state index in [0.717, 1.165) is 31.2 Å². The highest BCUT2D eigenvalue weighted by atomic mass is 127. The summed E-state index contributed by atoms with van der Waals surface area (Å²) in [5, 5.41) is 3.27. The lowest BCUT2D eigenvalue weighted by molar-refractivity contribution is 0.414. The molecule has 0 aromatic heterocycles. The molecule has 0 bridgehead atoms. The molecule has 1 heterocycles. The molecule has 1 saturated heterocycles. The van der Waals surface area contributed by atoms with Gasteiger partial charge in [0, 0.05) is 38.9 Å². The van der Waals surface area contributed by atoms with Crippen molar-refractivity contribution in [2.24, 2.45) is 4.99 Å². The lowest BCUT2D eigenvalue weighted by atomic mass is 9.98. The first kappa shape index (κ1) is 22.0. The number of benzene rings is 1. The Bertz CT molecular complexity index is 662. The Labute approximate surface area is 168 Å². The molecule has 1 aromatic carbocycles. The summed E-state index contributed by atoms with van der Waals surface area (Å²) in [6.07, 6.45) is 2.94. The van der Waals surface area contributed by atoms with E-state index in [1.165, 1.54) is 11.8 Å². The van der Waals surface area contributed by atoms with Crippen molar-refractivity contribution in [1.82, 2.24) is 10.2 Å². The average Bonchev–Trinajstić information content (AvgIpc) is 3.04. The highest BCUT2D eigenvalue weighted by Crippen LogP contribution is 2.28. The molecule has 1 N–H and O–H groups in total. The number of methoxy groups -OCH3 is 1. The lowest BCUT2D eigenvalue weighted by Gasteiger charge is -2.21. The predicted molar refractivity (Wildman–Crippen MR) is 113 cm³/mol. The fourth-order valence-corrected chi connectivity index (χ4v) is 3.64. The molecule has 8 heteroatoms. The number of sulfone groups is 1. The van der Waals surface area contributed by atoms with Gasteiger partial charge in [0.15, 0.2) is 5.96 Å². The summed E-state index contributed by atoms with van der Waals surface area (Å²) in [5.41, 5.74) is 1.31. The van der Waals surface area contributed by atoms with Gasteiger partial charge in [0.25, 0.3) is 0 Å². The van der Waals surface area contributed by atoms with Gasteiger partial charge in [-0.2, -0.15) is 0 Å². The largest absolute Gasteiger partial charge is 0.497 e. The minimum atomic E-state index is -2.90. The maximum Gasteiger partial charge on any atom is 0.193 e. The first-order chi connectivity index (χ1) is 11.4. The van der Waals surface area contributed by atoms with Crippen molar-refractivity contribution >= 4 is 39.8 Å². The van der Waals surface area contributed by atoms with Crippen LogP contribution in [0, 0.1) is 0 Å². The molecule has 0 aliphatic carbocycles. The Kier molecular flexibility index (Phi) is 8.98. The fraction of sp³-hybridized carbons (Fsp3) is 0.588. The number of hydrogen-bond donors (Lipinski definition) is 1. The molecule has 142 valence electrons. The smallest absolute Gasteiger partial charge is 0.193 e. The van der Waals surface area contributed by atoms with Crippen molar-refractivity contribution in [3.05, 3.63) is 29.8 Å². The van der Waals surface area contributed by atoms with Crippen LogP contribution in [-0.2, 0) is 9.84 Å². The van der Waals surface area contributed by atoms with Gasteiger partial charge in [-0.15, -0.1) is 24.0 Å². The molecule has 1 fully saturated rings. The van der Waals surface area contributed by atoms with Crippen LogP contribution in [0.15, 0.2) is 29.3 Å². The van der Waals surface area contributed by atoms with Gasteiger partial charge in [0.2, 0.25) is 0 Å². The number of guanidine groups is 1. The number of ether oxygens (including phenoxy) is 1. The second-order valence-corrected chi connectivity index (χ2v) is 8.42. The summed E-state index contributed by atoms with van der Waals surface area (Å²) < 4.78 is 27.5. The first-order valence-corrected chi connectivity index (χ1v) is 10.3. The average molecular weight is 481 g/mol. The Hall–Kier alpha value is -1.03. The fourth-order valence-electron chi connectivity index (χ4n) is 2.97. The van der Waals surface area contributed by atoms with Crippen LogP contribution in [0.4, 0.5) is 0 Å². The monoisotopic (exact) mass is 481 g/mol. The molecule has 1 aliphatic heterocycles. The van der Waals surface area contributed by atoms with Crippen molar-refractivity contribution < 1.29 is 13.2 Å². The van der Waals surface area contributed by atoms with Gasteiger partial charge < -0.3 is 15.0 Å². The van der Waals surface area contributed by atoms with Gasteiger partial charge in [-0.1, -0.05) is 12.1 Å². The Morgan fingerprint density at radius 3 is 2.60 bits per heavy atom. The zero-order chi connectivity index (χ0) is 17.6.